The fourth-order valence-electron chi connectivity index (χ4n) is 2.85. The second-order valence-corrected chi connectivity index (χ2v) is 6.85. The Kier molecular flexibility index (Phi) is 5.64. The van der Waals surface area contributed by atoms with Crippen molar-refractivity contribution in [3.8, 4) is 0 Å². The molecule has 1 saturated heterocycles. The Bertz CT molecular complexity index is 576. The van der Waals surface area contributed by atoms with Gasteiger partial charge in [-0.05, 0) is 42.9 Å². The normalized spacial score (nSPS) is 15.7. The predicted molar refractivity (Wildman–Crippen MR) is 92.1 cm³/mol. The van der Waals surface area contributed by atoms with Crippen molar-refractivity contribution in [3.05, 3.63) is 23.8 Å². The number of anilines is 2. The summed E-state index contributed by atoms with van der Waals surface area (Å²) in [5.41, 5.74) is 1.44. The average molecular weight is 318 g/mol. The van der Waals surface area contributed by atoms with Crippen LogP contribution in [-0.2, 0) is 4.79 Å². The first-order valence-corrected chi connectivity index (χ1v) is 8.29. The van der Waals surface area contributed by atoms with Gasteiger partial charge in [0.2, 0.25) is 5.91 Å². The van der Waals surface area contributed by atoms with Gasteiger partial charge < -0.3 is 15.3 Å². The average Bonchev–Trinajstić information content (AvgIpc) is 2.47. The summed E-state index contributed by atoms with van der Waals surface area (Å²) in [6.45, 7) is 8.04. The van der Waals surface area contributed by atoms with Crippen molar-refractivity contribution in [2.45, 2.75) is 40.0 Å². The highest BCUT2D eigenvalue weighted by atomic mass is 16.4. The molecule has 1 heterocycles. The Morgan fingerprint density at radius 2 is 1.96 bits per heavy atom. The first-order valence-electron chi connectivity index (χ1n) is 8.29. The maximum Gasteiger partial charge on any atom is 0.337 e. The molecular weight excluding hydrogens is 292 g/mol. The number of amides is 1. The molecule has 1 aliphatic rings. The molecule has 0 atom stereocenters. The van der Waals surface area contributed by atoms with Gasteiger partial charge in [-0.15, -0.1) is 0 Å². The number of aromatic carboxylic acids is 1. The number of nitrogens with one attached hydrogen (secondary N) is 1. The Labute approximate surface area is 137 Å². The number of piperidine rings is 1. The fourth-order valence-corrected chi connectivity index (χ4v) is 2.85. The van der Waals surface area contributed by atoms with Crippen molar-refractivity contribution in [2.24, 2.45) is 11.8 Å². The van der Waals surface area contributed by atoms with E-state index in [-0.39, 0.29) is 17.4 Å². The molecule has 1 aliphatic heterocycles. The summed E-state index contributed by atoms with van der Waals surface area (Å²) >= 11 is 0. The highest BCUT2D eigenvalue weighted by molar-refractivity contribution is 6.01. The number of carboxylic acids is 1. The second-order valence-electron chi connectivity index (χ2n) is 6.85. The number of nitrogens with zero attached hydrogens (tertiary/aromatic N) is 1. The van der Waals surface area contributed by atoms with E-state index in [2.05, 4.69) is 17.1 Å². The lowest BCUT2D eigenvalue weighted by molar-refractivity contribution is -0.116. The maximum absolute atomic E-state index is 11.9. The first kappa shape index (κ1) is 17.3. The molecule has 0 bridgehead atoms. The zero-order chi connectivity index (χ0) is 17.0. The van der Waals surface area contributed by atoms with Crippen LogP contribution >= 0.6 is 0 Å². The zero-order valence-corrected chi connectivity index (χ0v) is 14.1. The highest BCUT2D eigenvalue weighted by Gasteiger charge is 2.19. The van der Waals surface area contributed by atoms with E-state index in [1.54, 1.807) is 12.1 Å². The lowest BCUT2D eigenvalue weighted by atomic mass is 9.98. The lowest BCUT2D eigenvalue weighted by Crippen LogP contribution is -2.32. The quantitative estimate of drug-likeness (QED) is 0.870. The molecule has 5 nitrogen and oxygen atoms in total. The van der Waals surface area contributed by atoms with Gasteiger partial charge in [0.05, 0.1) is 11.3 Å². The number of carbonyl (C=O) groups is 2. The minimum Gasteiger partial charge on any atom is -0.478 e. The topological polar surface area (TPSA) is 69.6 Å². The number of hydrogen-bond acceptors (Lipinski definition) is 3. The second kappa shape index (κ2) is 7.49. The van der Waals surface area contributed by atoms with Crippen molar-refractivity contribution >= 4 is 23.3 Å². The predicted octanol–water partition coefficient (Wildman–Crippen LogP) is 3.61. The SMILES string of the molecule is CC(C)CC(=O)Nc1ccc(N2CCC(C)CC2)cc1C(=O)O. The minimum absolute atomic E-state index is 0.151. The molecule has 23 heavy (non-hydrogen) atoms. The number of carboxylic acid groups (broad SMARTS) is 1. The van der Waals surface area contributed by atoms with Crippen molar-refractivity contribution in [1.82, 2.24) is 0 Å². The monoisotopic (exact) mass is 318 g/mol. The van der Waals surface area contributed by atoms with E-state index in [1.165, 1.54) is 0 Å². The molecule has 1 aromatic rings. The van der Waals surface area contributed by atoms with E-state index in [9.17, 15) is 14.7 Å². The third-order valence-electron chi connectivity index (χ3n) is 4.25. The number of benzene rings is 1. The summed E-state index contributed by atoms with van der Waals surface area (Å²) in [6, 6.07) is 5.27. The third kappa shape index (κ3) is 4.71. The molecule has 126 valence electrons. The van der Waals surface area contributed by atoms with Gasteiger partial charge in [0.15, 0.2) is 0 Å². The van der Waals surface area contributed by atoms with E-state index in [0.29, 0.717) is 12.1 Å². The largest absolute Gasteiger partial charge is 0.478 e. The van der Waals surface area contributed by atoms with Crippen molar-refractivity contribution in [1.29, 1.82) is 0 Å². The molecule has 5 heteroatoms. The number of hydrogen-bond donors (Lipinski definition) is 2. The summed E-state index contributed by atoms with van der Waals surface area (Å²) in [7, 11) is 0. The van der Waals surface area contributed by atoms with E-state index >= 15 is 0 Å². The van der Waals surface area contributed by atoms with Crippen molar-refractivity contribution < 1.29 is 14.7 Å². The van der Waals surface area contributed by atoms with Crippen molar-refractivity contribution in [3.63, 3.8) is 0 Å². The Balaban J connectivity index is 2.18. The summed E-state index contributed by atoms with van der Waals surface area (Å²) in [5.74, 6) is -0.211. The third-order valence-corrected chi connectivity index (χ3v) is 4.25. The van der Waals surface area contributed by atoms with E-state index < -0.39 is 5.97 Å². The van der Waals surface area contributed by atoms with E-state index in [1.807, 2.05) is 19.9 Å². The zero-order valence-electron chi connectivity index (χ0n) is 14.1. The smallest absolute Gasteiger partial charge is 0.337 e. The van der Waals surface area contributed by atoms with Gasteiger partial charge >= 0.3 is 5.97 Å². The summed E-state index contributed by atoms with van der Waals surface area (Å²) < 4.78 is 0. The van der Waals surface area contributed by atoms with Gasteiger partial charge in [-0.3, -0.25) is 4.79 Å². The summed E-state index contributed by atoms with van der Waals surface area (Å²) in [4.78, 5) is 25.7. The van der Waals surface area contributed by atoms with Crippen LogP contribution in [0.5, 0.6) is 0 Å². The molecule has 1 fully saturated rings. The molecule has 2 rings (SSSR count). The molecule has 0 radical (unpaired) electrons. The van der Waals surface area contributed by atoms with Crippen LogP contribution in [0.25, 0.3) is 0 Å². The van der Waals surface area contributed by atoms with Gasteiger partial charge in [-0.2, -0.15) is 0 Å². The van der Waals surface area contributed by atoms with Crippen LogP contribution in [0.3, 0.4) is 0 Å². The Morgan fingerprint density at radius 3 is 2.52 bits per heavy atom. The van der Waals surface area contributed by atoms with Gasteiger partial charge in [0.1, 0.15) is 0 Å². The highest BCUT2D eigenvalue weighted by Crippen LogP contribution is 2.27. The molecule has 0 spiro atoms. The molecule has 0 saturated carbocycles. The van der Waals surface area contributed by atoms with E-state index in [0.717, 1.165) is 37.5 Å². The minimum atomic E-state index is -1.02. The fraction of sp³-hybridized carbons (Fsp3) is 0.556. The van der Waals surface area contributed by atoms with Crippen LogP contribution in [-0.4, -0.2) is 30.1 Å². The number of rotatable bonds is 5. The van der Waals surface area contributed by atoms with Crippen LogP contribution in [0, 0.1) is 11.8 Å². The molecule has 1 amide bonds. The standard InChI is InChI=1S/C18H26N2O3/c1-12(2)10-17(21)19-16-5-4-14(11-15(16)18(22)23)20-8-6-13(3)7-9-20/h4-5,11-13H,6-10H2,1-3H3,(H,19,21)(H,22,23). The van der Waals surface area contributed by atoms with Crippen LogP contribution in [0.4, 0.5) is 11.4 Å². The molecule has 2 N–H and O–H groups in total. The molecule has 0 aromatic heterocycles. The summed E-state index contributed by atoms with van der Waals surface area (Å²) in [6.07, 6.45) is 2.62. The van der Waals surface area contributed by atoms with Gasteiger partial charge in [0, 0.05) is 25.2 Å². The Hall–Kier alpha value is -2.04. The number of carbonyl (C=O) groups excluding carboxylic acids is 1. The lowest BCUT2D eigenvalue weighted by Gasteiger charge is -2.32. The summed E-state index contributed by atoms with van der Waals surface area (Å²) in [5, 5.41) is 12.2. The maximum atomic E-state index is 11.9. The van der Waals surface area contributed by atoms with Crippen LogP contribution in [0.2, 0.25) is 0 Å². The van der Waals surface area contributed by atoms with Crippen LogP contribution < -0.4 is 10.2 Å². The first-order chi connectivity index (χ1) is 10.9. The van der Waals surface area contributed by atoms with E-state index in [4.69, 9.17) is 0 Å². The van der Waals surface area contributed by atoms with Gasteiger partial charge in [-0.25, -0.2) is 4.79 Å². The van der Waals surface area contributed by atoms with Crippen LogP contribution in [0.1, 0.15) is 50.4 Å². The Morgan fingerprint density at radius 1 is 1.30 bits per heavy atom. The van der Waals surface area contributed by atoms with Crippen LogP contribution in [0.15, 0.2) is 18.2 Å². The molecule has 1 aromatic carbocycles. The van der Waals surface area contributed by atoms with Crippen molar-refractivity contribution in [2.75, 3.05) is 23.3 Å². The van der Waals surface area contributed by atoms with Gasteiger partial charge in [-0.1, -0.05) is 20.8 Å². The molecule has 0 aliphatic carbocycles. The van der Waals surface area contributed by atoms with Gasteiger partial charge in [0.25, 0.3) is 0 Å². The molecular formula is C18H26N2O3. The molecule has 0 unspecified atom stereocenters.